The van der Waals surface area contributed by atoms with Crippen LogP contribution in [0.1, 0.15) is 50.4 Å². The van der Waals surface area contributed by atoms with Gasteiger partial charge in [0.05, 0.1) is 5.56 Å². The van der Waals surface area contributed by atoms with E-state index in [2.05, 4.69) is 20.8 Å². The van der Waals surface area contributed by atoms with Crippen molar-refractivity contribution in [1.82, 2.24) is 0 Å². The van der Waals surface area contributed by atoms with Crippen LogP contribution in [0.4, 0.5) is 0 Å². The Kier molecular flexibility index (Phi) is 6.24. The van der Waals surface area contributed by atoms with Crippen molar-refractivity contribution in [2.75, 3.05) is 19.8 Å². The van der Waals surface area contributed by atoms with Crippen LogP contribution in [0.5, 0.6) is 11.5 Å². The maximum absolute atomic E-state index is 12.2. The van der Waals surface area contributed by atoms with Crippen molar-refractivity contribution < 1.29 is 28.5 Å². The summed E-state index contributed by atoms with van der Waals surface area (Å²) in [6, 6.07) is 4.83. The number of rotatable bonds is 5. The van der Waals surface area contributed by atoms with Crippen LogP contribution in [0.3, 0.4) is 0 Å². The number of carbonyl (C=O) groups is 2. The SMILES string of the molecule is CC(C)[C@@H]1CC[C@@H](C)C[C@H]1OC(=O)COC(=O)c1ccc2c(c1)OCCO2. The number of fused-ring (bicyclic) bond motifs is 1. The first-order valence-corrected chi connectivity index (χ1v) is 9.70. The molecule has 3 rings (SSSR count). The van der Waals surface area contributed by atoms with Crippen LogP contribution in [0.2, 0.25) is 0 Å². The van der Waals surface area contributed by atoms with Crippen LogP contribution >= 0.6 is 0 Å². The van der Waals surface area contributed by atoms with Gasteiger partial charge in [-0.2, -0.15) is 0 Å². The van der Waals surface area contributed by atoms with Crippen LogP contribution in [0.15, 0.2) is 18.2 Å². The van der Waals surface area contributed by atoms with Crippen LogP contribution in [0, 0.1) is 17.8 Å². The van der Waals surface area contributed by atoms with E-state index < -0.39 is 11.9 Å². The molecule has 0 unspecified atom stereocenters. The fourth-order valence-corrected chi connectivity index (χ4v) is 3.83. The molecule has 0 radical (unpaired) electrons. The molecule has 148 valence electrons. The first-order chi connectivity index (χ1) is 12.9. The van der Waals surface area contributed by atoms with Gasteiger partial charge in [0.25, 0.3) is 0 Å². The van der Waals surface area contributed by atoms with Crippen LogP contribution in [-0.2, 0) is 14.3 Å². The Morgan fingerprint density at radius 3 is 2.63 bits per heavy atom. The zero-order chi connectivity index (χ0) is 19.4. The molecule has 1 heterocycles. The van der Waals surface area contributed by atoms with Crippen molar-refractivity contribution in [2.45, 2.75) is 46.1 Å². The Labute approximate surface area is 160 Å². The maximum atomic E-state index is 12.2. The normalized spacial score (nSPS) is 24.4. The Bertz CT molecular complexity index is 683. The quantitative estimate of drug-likeness (QED) is 0.731. The van der Waals surface area contributed by atoms with Crippen LogP contribution in [-0.4, -0.2) is 37.9 Å². The lowest BCUT2D eigenvalue weighted by molar-refractivity contribution is -0.159. The number of esters is 2. The Morgan fingerprint density at radius 2 is 1.89 bits per heavy atom. The van der Waals surface area contributed by atoms with Gasteiger partial charge in [0.15, 0.2) is 18.1 Å². The van der Waals surface area contributed by atoms with Gasteiger partial charge in [0.2, 0.25) is 0 Å². The lowest BCUT2D eigenvalue weighted by Crippen LogP contribution is -2.36. The molecule has 27 heavy (non-hydrogen) atoms. The minimum Gasteiger partial charge on any atom is -0.486 e. The van der Waals surface area contributed by atoms with E-state index in [-0.39, 0.29) is 12.7 Å². The summed E-state index contributed by atoms with van der Waals surface area (Å²) in [5.74, 6) is 1.39. The summed E-state index contributed by atoms with van der Waals surface area (Å²) in [6.07, 6.45) is 2.99. The second-order valence-electron chi connectivity index (χ2n) is 7.79. The van der Waals surface area contributed by atoms with Crippen LogP contribution in [0.25, 0.3) is 0 Å². The number of hydrogen-bond acceptors (Lipinski definition) is 6. The van der Waals surface area contributed by atoms with Gasteiger partial charge < -0.3 is 18.9 Å². The van der Waals surface area contributed by atoms with Gasteiger partial charge in [0.1, 0.15) is 19.3 Å². The molecule has 1 aromatic carbocycles. The lowest BCUT2D eigenvalue weighted by atomic mass is 9.75. The van der Waals surface area contributed by atoms with Gasteiger partial charge in [-0.3, -0.25) is 0 Å². The smallest absolute Gasteiger partial charge is 0.344 e. The van der Waals surface area contributed by atoms with Gasteiger partial charge in [-0.1, -0.05) is 27.2 Å². The zero-order valence-corrected chi connectivity index (χ0v) is 16.2. The van der Waals surface area contributed by atoms with E-state index in [9.17, 15) is 9.59 Å². The number of ether oxygens (including phenoxy) is 4. The molecule has 3 atom stereocenters. The Hall–Kier alpha value is -2.24. The Morgan fingerprint density at radius 1 is 1.15 bits per heavy atom. The molecule has 6 heteroatoms. The molecule has 6 nitrogen and oxygen atoms in total. The number of benzene rings is 1. The topological polar surface area (TPSA) is 71.1 Å². The summed E-state index contributed by atoms with van der Waals surface area (Å²) in [5, 5.41) is 0. The lowest BCUT2D eigenvalue weighted by Gasteiger charge is -2.36. The third-order valence-electron chi connectivity index (χ3n) is 5.34. The van der Waals surface area contributed by atoms with Gasteiger partial charge >= 0.3 is 11.9 Å². The predicted octanol–water partition coefficient (Wildman–Crippen LogP) is 3.62. The zero-order valence-electron chi connectivity index (χ0n) is 16.2. The van der Waals surface area contributed by atoms with Crippen molar-refractivity contribution in [2.24, 2.45) is 17.8 Å². The number of hydrogen-bond donors (Lipinski definition) is 0. The van der Waals surface area contributed by atoms with E-state index in [0.717, 1.165) is 19.3 Å². The summed E-state index contributed by atoms with van der Waals surface area (Å²) in [7, 11) is 0. The van der Waals surface area contributed by atoms with Gasteiger partial charge in [-0.05, 0) is 48.8 Å². The summed E-state index contributed by atoms with van der Waals surface area (Å²) in [6.45, 7) is 7.03. The summed E-state index contributed by atoms with van der Waals surface area (Å²) in [4.78, 5) is 24.4. The molecule has 1 saturated carbocycles. The van der Waals surface area contributed by atoms with Crippen molar-refractivity contribution in [1.29, 1.82) is 0 Å². The van der Waals surface area contributed by atoms with E-state index in [0.29, 0.717) is 48.0 Å². The second-order valence-corrected chi connectivity index (χ2v) is 7.79. The average molecular weight is 376 g/mol. The maximum Gasteiger partial charge on any atom is 0.344 e. The summed E-state index contributed by atoms with van der Waals surface area (Å²) >= 11 is 0. The second kappa shape index (κ2) is 8.63. The number of carbonyl (C=O) groups excluding carboxylic acids is 2. The highest BCUT2D eigenvalue weighted by molar-refractivity contribution is 5.91. The third-order valence-corrected chi connectivity index (χ3v) is 5.34. The Balaban J connectivity index is 1.53. The minimum atomic E-state index is -0.582. The highest BCUT2D eigenvalue weighted by atomic mass is 16.6. The summed E-state index contributed by atoms with van der Waals surface area (Å²) in [5.41, 5.74) is 0.318. The van der Waals surface area contributed by atoms with E-state index in [4.69, 9.17) is 18.9 Å². The van der Waals surface area contributed by atoms with Crippen molar-refractivity contribution in [3.63, 3.8) is 0 Å². The molecule has 1 fully saturated rings. The molecule has 2 aliphatic rings. The largest absolute Gasteiger partial charge is 0.486 e. The molecule has 0 saturated heterocycles. The van der Waals surface area contributed by atoms with Crippen molar-refractivity contribution in [3.05, 3.63) is 23.8 Å². The van der Waals surface area contributed by atoms with E-state index >= 15 is 0 Å². The first kappa shape index (κ1) is 19.5. The summed E-state index contributed by atoms with van der Waals surface area (Å²) < 4.78 is 21.7. The van der Waals surface area contributed by atoms with E-state index in [1.165, 1.54) is 0 Å². The predicted molar refractivity (Wildman–Crippen MR) is 98.9 cm³/mol. The first-order valence-electron chi connectivity index (χ1n) is 9.70. The third kappa shape index (κ3) is 4.93. The monoisotopic (exact) mass is 376 g/mol. The molecular weight excluding hydrogens is 348 g/mol. The molecule has 1 aliphatic carbocycles. The fourth-order valence-electron chi connectivity index (χ4n) is 3.83. The van der Waals surface area contributed by atoms with Crippen molar-refractivity contribution in [3.8, 4) is 11.5 Å². The molecule has 0 spiro atoms. The highest BCUT2D eigenvalue weighted by Gasteiger charge is 2.33. The highest BCUT2D eigenvalue weighted by Crippen LogP contribution is 2.35. The van der Waals surface area contributed by atoms with E-state index in [1.807, 2.05) is 0 Å². The minimum absolute atomic E-state index is 0.103. The average Bonchev–Trinajstić information content (AvgIpc) is 2.65. The van der Waals surface area contributed by atoms with Gasteiger partial charge in [-0.15, -0.1) is 0 Å². The molecule has 0 aromatic heterocycles. The van der Waals surface area contributed by atoms with E-state index in [1.54, 1.807) is 18.2 Å². The molecule has 1 aliphatic heterocycles. The van der Waals surface area contributed by atoms with Crippen LogP contribution < -0.4 is 9.47 Å². The fraction of sp³-hybridized carbons (Fsp3) is 0.619. The van der Waals surface area contributed by atoms with Gasteiger partial charge in [-0.25, -0.2) is 9.59 Å². The standard InChI is InChI=1S/C21H28O6/c1-13(2)16-6-4-14(3)10-18(16)27-20(22)12-26-21(23)15-5-7-17-19(11-15)25-9-8-24-17/h5,7,11,13-14,16,18H,4,6,8-10,12H2,1-3H3/t14-,16+,18-/m1/s1. The molecule has 1 aromatic rings. The van der Waals surface area contributed by atoms with Gasteiger partial charge in [0, 0.05) is 0 Å². The van der Waals surface area contributed by atoms with Crippen molar-refractivity contribution >= 4 is 11.9 Å². The molecular formula is C21H28O6. The molecule has 0 N–H and O–H groups in total. The molecule has 0 bridgehead atoms. The molecule has 0 amide bonds.